The number of esters is 1. The number of carbonyl (C=O) groups excluding carboxylic acids is 1. The summed E-state index contributed by atoms with van der Waals surface area (Å²) in [4.78, 5) is 13.6. The maximum Gasteiger partial charge on any atom is 0.333 e. The fourth-order valence-electron chi connectivity index (χ4n) is 2.14. The maximum atomic E-state index is 11.2. The Kier molecular flexibility index (Phi) is 5.19. The molecule has 0 spiro atoms. The van der Waals surface area contributed by atoms with E-state index in [2.05, 4.69) is 23.5 Å². The molecule has 0 unspecified atom stereocenters. The Morgan fingerprint density at radius 1 is 1.41 bits per heavy atom. The summed E-state index contributed by atoms with van der Waals surface area (Å²) < 4.78 is 4.68. The van der Waals surface area contributed by atoms with Crippen LogP contribution in [0.5, 0.6) is 0 Å². The number of hydrogen-bond acceptors (Lipinski definition) is 3. The molecule has 1 fully saturated rings. The number of piperidine rings is 1. The van der Waals surface area contributed by atoms with Gasteiger partial charge in [-0.25, -0.2) is 4.79 Å². The predicted molar refractivity (Wildman–Crippen MR) is 69.8 cm³/mol. The van der Waals surface area contributed by atoms with Gasteiger partial charge >= 0.3 is 5.97 Å². The van der Waals surface area contributed by atoms with E-state index in [9.17, 15) is 4.79 Å². The lowest BCUT2D eigenvalue weighted by Gasteiger charge is -2.38. The molecule has 1 aliphatic heterocycles. The highest BCUT2D eigenvalue weighted by atomic mass is 16.5. The monoisotopic (exact) mass is 239 g/mol. The number of ether oxygens (including phenoxy) is 1. The van der Waals surface area contributed by atoms with Gasteiger partial charge in [0.05, 0.1) is 7.11 Å². The summed E-state index contributed by atoms with van der Waals surface area (Å²) in [5.74, 6) is -0.222. The SMILES string of the molecule is CCC1(C)CCN(CC=C(C)C(=O)OC)CC1. The third-order valence-electron chi connectivity index (χ3n) is 4.08. The molecule has 0 atom stereocenters. The second-order valence-electron chi connectivity index (χ2n) is 5.34. The molecule has 1 aliphatic rings. The van der Waals surface area contributed by atoms with Gasteiger partial charge < -0.3 is 4.74 Å². The molecule has 0 aromatic heterocycles. The highest BCUT2D eigenvalue weighted by Crippen LogP contribution is 2.33. The molecule has 17 heavy (non-hydrogen) atoms. The number of likely N-dealkylation sites (tertiary alicyclic amines) is 1. The highest BCUT2D eigenvalue weighted by Gasteiger charge is 2.27. The molecule has 3 heteroatoms. The number of rotatable bonds is 4. The minimum Gasteiger partial charge on any atom is -0.466 e. The topological polar surface area (TPSA) is 29.5 Å². The molecule has 0 N–H and O–H groups in total. The first-order valence-electron chi connectivity index (χ1n) is 6.48. The van der Waals surface area contributed by atoms with Crippen molar-refractivity contribution in [2.75, 3.05) is 26.7 Å². The Bertz CT molecular complexity index is 289. The molecule has 0 radical (unpaired) electrons. The van der Waals surface area contributed by atoms with Gasteiger partial charge in [-0.1, -0.05) is 26.3 Å². The summed E-state index contributed by atoms with van der Waals surface area (Å²) in [6.07, 6.45) is 5.75. The predicted octanol–water partition coefficient (Wildman–Crippen LogP) is 2.62. The minimum atomic E-state index is -0.222. The van der Waals surface area contributed by atoms with Crippen molar-refractivity contribution in [3.8, 4) is 0 Å². The number of hydrogen-bond donors (Lipinski definition) is 0. The average molecular weight is 239 g/mol. The third kappa shape index (κ3) is 4.15. The lowest BCUT2D eigenvalue weighted by atomic mass is 9.78. The molecule has 0 saturated carbocycles. The van der Waals surface area contributed by atoms with Gasteiger partial charge in [-0.05, 0) is 38.3 Å². The van der Waals surface area contributed by atoms with E-state index in [1.165, 1.54) is 26.4 Å². The van der Waals surface area contributed by atoms with E-state index in [1.807, 2.05) is 13.0 Å². The first-order chi connectivity index (χ1) is 8.00. The first kappa shape index (κ1) is 14.2. The smallest absolute Gasteiger partial charge is 0.333 e. The molecule has 0 bridgehead atoms. The summed E-state index contributed by atoms with van der Waals surface area (Å²) in [5, 5.41) is 0. The molecule has 1 heterocycles. The van der Waals surface area contributed by atoms with E-state index in [0.717, 1.165) is 19.6 Å². The summed E-state index contributed by atoms with van der Waals surface area (Å²) in [6.45, 7) is 9.59. The molecular weight excluding hydrogens is 214 g/mol. The van der Waals surface area contributed by atoms with Crippen molar-refractivity contribution in [1.82, 2.24) is 4.90 Å². The van der Waals surface area contributed by atoms with Crippen LogP contribution in [0.15, 0.2) is 11.6 Å². The first-order valence-corrected chi connectivity index (χ1v) is 6.48. The van der Waals surface area contributed by atoms with E-state index in [4.69, 9.17) is 0 Å². The van der Waals surface area contributed by atoms with Gasteiger partial charge in [0.1, 0.15) is 0 Å². The Morgan fingerprint density at radius 3 is 2.47 bits per heavy atom. The molecule has 0 aromatic carbocycles. The van der Waals surface area contributed by atoms with Crippen LogP contribution in [0.3, 0.4) is 0 Å². The maximum absolute atomic E-state index is 11.2. The van der Waals surface area contributed by atoms with Crippen LogP contribution in [0.1, 0.15) is 40.0 Å². The standard InChI is InChI=1S/C14H25NO2/c1-5-14(3)7-10-15(11-8-14)9-6-12(2)13(16)17-4/h6H,5,7-11H2,1-4H3. The fourth-order valence-corrected chi connectivity index (χ4v) is 2.14. The minimum absolute atomic E-state index is 0.222. The van der Waals surface area contributed by atoms with E-state index >= 15 is 0 Å². The molecule has 0 aliphatic carbocycles. The third-order valence-corrected chi connectivity index (χ3v) is 4.08. The summed E-state index contributed by atoms with van der Waals surface area (Å²) >= 11 is 0. The van der Waals surface area contributed by atoms with Crippen molar-refractivity contribution in [3.05, 3.63) is 11.6 Å². The van der Waals surface area contributed by atoms with Gasteiger partial charge in [-0.15, -0.1) is 0 Å². The van der Waals surface area contributed by atoms with Crippen LogP contribution in [-0.4, -0.2) is 37.6 Å². The largest absolute Gasteiger partial charge is 0.466 e. The van der Waals surface area contributed by atoms with Crippen molar-refractivity contribution in [2.24, 2.45) is 5.41 Å². The van der Waals surface area contributed by atoms with Crippen LogP contribution in [-0.2, 0) is 9.53 Å². The molecule has 0 amide bonds. The normalized spacial score (nSPS) is 21.3. The molecule has 1 saturated heterocycles. The van der Waals surface area contributed by atoms with Gasteiger partial charge in [-0.2, -0.15) is 0 Å². The van der Waals surface area contributed by atoms with Crippen LogP contribution in [0.2, 0.25) is 0 Å². The zero-order valence-electron chi connectivity index (χ0n) is 11.6. The highest BCUT2D eigenvalue weighted by molar-refractivity contribution is 5.87. The number of nitrogens with zero attached hydrogens (tertiary/aromatic N) is 1. The van der Waals surface area contributed by atoms with Gasteiger partial charge in [0.25, 0.3) is 0 Å². The van der Waals surface area contributed by atoms with Gasteiger partial charge in [-0.3, -0.25) is 4.90 Å². The van der Waals surface area contributed by atoms with Crippen molar-refractivity contribution < 1.29 is 9.53 Å². The molecule has 98 valence electrons. The second kappa shape index (κ2) is 6.20. The van der Waals surface area contributed by atoms with Crippen molar-refractivity contribution >= 4 is 5.97 Å². The Morgan fingerprint density at radius 2 is 2.00 bits per heavy atom. The lowest BCUT2D eigenvalue weighted by molar-refractivity contribution is -0.136. The van der Waals surface area contributed by atoms with Gasteiger partial charge in [0.15, 0.2) is 0 Å². The van der Waals surface area contributed by atoms with E-state index in [1.54, 1.807) is 0 Å². The van der Waals surface area contributed by atoms with Crippen LogP contribution < -0.4 is 0 Å². The van der Waals surface area contributed by atoms with Crippen molar-refractivity contribution in [1.29, 1.82) is 0 Å². The van der Waals surface area contributed by atoms with Gasteiger partial charge in [0.2, 0.25) is 0 Å². The van der Waals surface area contributed by atoms with E-state index in [0.29, 0.717) is 11.0 Å². The zero-order chi connectivity index (χ0) is 12.9. The second-order valence-corrected chi connectivity index (χ2v) is 5.34. The zero-order valence-corrected chi connectivity index (χ0v) is 11.6. The van der Waals surface area contributed by atoms with Crippen molar-refractivity contribution in [2.45, 2.75) is 40.0 Å². The van der Waals surface area contributed by atoms with Crippen LogP contribution >= 0.6 is 0 Å². The Hall–Kier alpha value is -0.830. The lowest BCUT2D eigenvalue weighted by Crippen LogP contribution is -2.38. The van der Waals surface area contributed by atoms with E-state index in [-0.39, 0.29) is 5.97 Å². The molecular formula is C14H25NO2. The van der Waals surface area contributed by atoms with Crippen LogP contribution in [0.25, 0.3) is 0 Å². The molecule has 3 nitrogen and oxygen atoms in total. The average Bonchev–Trinajstić information content (AvgIpc) is 2.36. The summed E-state index contributed by atoms with van der Waals surface area (Å²) in [7, 11) is 1.42. The van der Waals surface area contributed by atoms with Crippen molar-refractivity contribution in [3.63, 3.8) is 0 Å². The molecule has 0 aromatic rings. The Balaban J connectivity index is 2.39. The van der Waals surface area contributed by atoms with Gasteiger partial charge in [0, 0.05) is 12.1 Å². The van der Waals surface area contributed by atoms with Crippen LogP contribution in [0.4, 0.5) is 0 Å². The Labute approximate surface area is 105 Å². The number of methoxy groups -OCH3 is 1. The van der Waals surface area contributed by atoms with Crippen LogP contribution in [0, 0.1) is 5.41 Å². The molecule has 1 rings (SSSR count). The quantitative estimate of drug-likeness (QED) is 0.558. The summed E-state index contributed by atoms with van der Waals surface area (Å²) in [5.41, 5.74) is 1.23. The number of carbonyl (C=O) groups is 1. The fraction of sp³-hybridized carbons (Fsp3) is 0.786. The summed E-state index contributed by atoms with van der Waals surface area (Å²) in [6, 6.07) is 0. The van der Waals surface area contributed by atoms with E-state index < -0.39 is 0 Å².